The van der Waals surface area contributed by atoms with Crippen molar-refractivity contribution in [3.05, 3.63) is 76.4 Å². The minimum atomic E-state index is -4.31. The molecular formula is C28H36F3N. The van der Waals surface area contributed by atoms with Gasteiger partial charge in [0.2, 0.25) is 0 Å². The van der Waals surface area contributed by atoms with Gasteiger partial charge in [0.05, 0.1) is 5.56 Å². The van der Waals surface area contributed by atoms with E-state index < -0.39 is 11.7 Å². The third-order valence-electron chi connectivity index (χ3n) is 6.09. The molecule has 1 N–H and O–H groups in total. The first-order chi connectivity index (χ1) is 15.1. The first-order valence-electron chi connectivity index (χ1n) is 11.8. The number of halogens is 3. The molecule has 0 aromatic heterocycles. The van der Waals surface area contributed by atoms with E-state index in [0.29, 0.717) is 23.9 Å². The molecule has 1 unspecified atom stereocenters. The van der Waals surface area contributed by atoms with Crippen molar-refractivity contribution in [1.29, 1.82) is 0 Å². The van der Waals surface area contributed by atoms with Crippen molar-refractivity contribution in [3.63, 3.8) is 0 Å². The zero-order valence-electron chi connectivity index (χ0n) is 19.7. The van der Waals surface area contributed by atoms with E-state index in [1.165, 1.54) is 28.8 Å². The molecule has 0 bridgehead atoms. The van der Waals surface area contributed by atoms with Crippen LogP contribution in [0.2, 0.25) is 0 Å². The van der Waals surface area contributed by atoms with Gasteiger partial charge in [0.15, 0.2) is 0 Å². The molecule has 0 saturated heterocycles. The van der Waals surface area contributed by atoms with Crippen LogP contribution >= 0.6 is 0 Å². The zero-order chi connectivity index (χ0) is 23.3. The van der Waals surface area contributed by atoms with Crippen LogP contribution in [0.15, 0.2) is 48.5 Å². The Balaban J connectivity index is 1.66. The highest BCUT2D eigenvalue weighted by Gasteiger charge is 2.30. The Kier molecular flexibility index (Phi) is 8.21. The standard InChI is InChI=1S/C28H36F3N/c1-19(2)14-23-10-8-21(16-25(23)15-20(3)4)9-11-27-18-24(12-13-32-27)22-6-5-7-26(17-22)28(29,30)31/h5-8,10,12,16-17,19-20,27,32H,9,11,13-15,18H2,1-4H3. The number of alkyl halides is 3. The highest BCUT2D eigenvalue weighted by atomic mass is 19.4. The van der Waals surface area contributed by atoms with Gasteiger partial charge >= 0.3 is 6.18 Å². The molecule has 0 fully saturated rings. The number of aryl methyl sites for hydroxylation is 1. The smallest absolute Gasteiger partial charge is 0.310 e. The Labute approximate surface area is 191 Å². The molecule has 1 aliphatic heterocycles. The van der Waals surface area contributed by atoms with Gasteiger partial charge in [-0.05, 0) is 83.9 Å². The predicted molar refractivity (Wildman–Crippen MR) is 128 cm³/mol. The number of nitrogens with one attached hydrogen (secondary N) is 1. The van der Waals surface area contributed by atoms with Gasteiger partial charge in [-0.3, -0.25) is 0 Å². The van der Waals surface area contributed by atoms with E-state index in [1.54, 1.807) is 6.07 Å². The van der Waals surface area contributed by atoms with E-state index in [2.05, 4.69) is 51.2 Å². The van der Waals surface area contributed by atoms with Crippen molar-refractivity contribution in [3.8, 4) is 0 Å². The quantitative estimate of drug-likeness (QED) is 0.446. The lowest BCUT2D eigenvalue weighted by atomic mass is 9.89. The Hall–Kier alpha value is -2.07. The van der Waals surface area contributed by atoms with Gasteiger partial charge in [-0.1, -0.05) is 64.1 Å². The van der Waals surface area contributed by atoms with Gasteiger partial charge in [0, 0.05) is 12.6 Å². The van der Waals surface area contributed by atoms with E-state index in [4.69, 9.17) is 0 Å². The van der Waals surface area contributed by atoms with Crippen LogP contribution in [0.4, 0.5) is 13.2 Å². The summed E-state index contributed by atoms with van der Waals surface area (Å²) >= 11 is 0. The van der Waals surface area contributed by atoms with Crippen molar-refractivity contribution in [2.24, 2.45) is 11.8 Å². The first-order valence-corrected chi connectivity index (χ1v) is 11.8. The molecule has 1 nitrogen and oxygen atoms in total. The van der Waals surface area contributed by atoms with E-state index >= 15 is 0 Å². The second-order valence-electron chi connectivity index (χ2n) is 9.95. The summed E-state index contributed by atoms with van der Waals surface area (Å²) in [7, 11) is 0. The van der Waals surface area contributed by atoms with E-state index in [1.807, 2.05) is 6.08 Å². The summed E-state index contributed by atoms with van der Waals surface area (Å²) in [5, 5.41) is 3.52. The normalized spacial score (nSPS) is 17.2. The molecular weight excluding hydrogens is 407 g/mol. The summed E-state index contributed by atoms with van der Waals surface area (Å²) in [6.45, 7) is 9.75. The summed E-state index contributed by atoms with van der Waals surface area (Å²) in [5.41, 5.74) is 5.39. The van der Waals surface area contributed by atoms with E-state index in [-0.39, 0.29) is 6.04 Å². The summed E-state index contributed by atoms with van der Waals surface area (Å²) in [6.07, 6.45) is 2.62. The minimum Gasteiger partial charge on any atom is -0.310 e. The zero-order valence-corrected chi connectivity index (χ0v) is 19.7. The van der Waals surface area contributed by atoms with Crippen LogP contribution in [0.5, 0.6) is 0 Å². The SMILES string of the molecule is CC(C)Cc1ccc(CCC2CC(c3cccc(C(F)(F)F)c3)=CCN2)cc1CC(C)C. The van der Waals surface area contributed by atoms with Gasteiger partial charge in [-0.15, -0.1) is 0 Å². The average Bonchev–Trinajstić information content (AvgIpc) is 2.73. The van der Waals surface area contributed by atoms with E-state index in [9.17, 15) is 13.2 Å². The summed E-state index contributed by atoms with van der Waals surface area (Å²) in [6, 6.07) is 12.9. The second-order valence-corrected chi connectivity index (χ2v) is 9.95. The molecule has 4 heteroatoms. The third kappa shape index (κ3) is 6.96. The van der Waals surface area contributed by atoms with Gasteiger partial charge < -0.3 is 5.32 Å². The molecule has 0 saturated carbocycles. The number of benzene rings is 2. The molecule has 0 aliphatic carbocycles. The molecule has 3 rings (SSSR count). The summed E-state index contributed by atoms with van der Waals surface area (Å²) in [4.78, 5) is 0. The average molecular weight is 444 g/mol. The van der Waals surface area contributed by atoms with Crippen molar-refractivity contribution in [2.75, 3.05) is 6.54 Å². The molecule has 2 aromatic rings. The van der Waals surface area contributed by atoms with Crippen LogP contribution in [0.1, 0.15) is 68.4 Å². The van der Waals surface area contributed by atoms with Crippen molar-refractivity contribution in [2.45, 2.75) is 72.0 Å². The second kappa shape index (κ2) is 10.7. The topological polar surface area (TPSA) is 12.0 Å². The van der Waals surface area contributed by atoms with Crippen LogP contribution in [0.3, 0.4) is 0 Å². The monoisotopic (exact) mass is 443 g/mol. The van der Waals surface area contributed by atoms with Crippen molar-refractivity contribution >= 4 is 5.57 Å². The number of rotatable bonds is 8. The minimum absolute atomic E-state index is 0.272. The van der Waals surface area contributed by atoms with Crippen LogP contribution in [0.25, 0.3) is 5.57 Å². The van der Waals surface area contributed by atoms with Gasteiger partial charge in [0.25, 0.3) is 0 Å². The maximum atomic E-state index is 13.1. The highest BCUT2D eigenvalue weighted by molar-refractivity contribution is 5.67. The summed E-state index contributed by atoms with van der Waals surface area (Å²) in [5.74, 6) is 1.26. The predicted octanol–water partition coefficient (Wildman–Crippen LogP) is 7.48. The molecule has 0 spiro atoms. The van der Waals surface area contributed by atoms with Crippen LogP contribution in [-0.4, -0.2) is 12.6 Å². The molecule has 1 aliphatic rings. The fourth-order valence-electron chi connectivity index (χ4n) is 4.55. The van der Waals surface area contributed by atoms with Gasteiger partial charge in [-0.2, -0.15) is 13.2 Å². The van der Waals surface area contributed by atoms with Crippen LogP contribution in [-0.2, 0) is 25.4 Å². The lowest BCUT2D eigenvalue weighted by molar-refractivity contribution is -0.137. The van der Waals surface area contributed by atoms with Crippen LogP contribution in [0, 0.1) is 11.8 Å². The Morgan fingerprint density at radius 2 is 1.66 bits per heavy atom. The molecule has 174 valence electrons. The Morgan fingerprint density at radius 3 is 2.34 bits per heavy atom. The summed E-state index contributed by atoms with van der Waals surface area (Å²) < 4.78 is 39.3. The third-order valence-corrected chi connectivity index (χ3v) is 6.09. The fraction of sp³-hybridized carbons (Fsp3) is 0.500. The highest BCUT2D eigenvalue weighted by Crippen LogP contribution is 2.32. The lowest BCUT2D eigenvalue weighted by Crippen LogP contribution is -2.33. The number of hydrogen-bond donors (Lipinski definition) is 1. The van der Waals surface area contributed by atoms with Crippen LogP contribution < -0.4 is 5.32 Å². The first kappa shape index (κ1) is 24.6. The molecule has 0 radical (unpaired) electrons. The maximum absolute atomic E-state index is 13.1. The van der Waals surface area contributed by atoms with Gasteiger partial charge in [-0.25, -0.2) is 0 Å². The number of hydrogen-bond acceptors (Lipinski definition) is 1. The fourth-order valence-corrected chi connectivity index (χ4v) is 4.55. The Morgan fingerprint density at radius 1 is 0.938 bits per heavy atom. The van der Waals surface area contributed by atoms with Gasteiger partial charge in [0.1, 0.15) is 0 Å². The lowest BCUT2D eigenvalue weighted by Gasteiger charge is -2.25. The van der Waals surface area contributed by atoms with Crippen molar-refractivity contribution in [1.82, 2.24) is 5.32 Å². The largest absolute Gasteiger partial charge is 0.416 e. The van der Waals surface area contributed by atoms with E-state index in [0.717, 1.165) is 43.7 Å². The Bertz CT molecular complexity index is 925. The maximum Gasteiger partial charge on any atom is 0.416 e. The van der Waals surface area contributed by atoms with Crippen molar-refractivity contribution < 1.29 is 13.2 Å². The molecule has 0 amide bonds. The molecule has 1 atom stereocenters. The molecule has 32 heavy (non-hydrogen) atoms. The molecule has 2 aromatic carbocycles. The molecule has 1 heterocycles.